The molecule has 0 unspecified atom stereocenters. The van der Waals surface area contributed by atoms with Crippen LogP contribution in [0.5, 0.6) is 0 Å². The summed E-state index contributed by atoms with van der Waals surface area (Å²) in [6, 6.07) is 5.28. The molecule has 16 heavy (non-hydrogen) atoms. The van der Waals surface area contributed by atoms with Gasteiger partial charge in [0.15, 0.2) is 0 Å². The number of benzene rings is 1. The maximum atomic E-state index is 11.0. The number of amides is 1. The van der Waals surface area contributed by atoms with Gasteiger partial charge in [-0.3, -0.25) is 4.79 Å². The average Bonchev–Trinajstić information content (AvgIpc) is 2.22. The topological polar surface area (TPSA) is 41.1 Å². The molecule has 0 aliphatic rings. The smallest absolute Gasteiger partial charge is 0.219 e. The number of hydrogen-bond acceptors (Lipinski definition) is 2. The van der Waals surface area contributed by atoms with Crippen LogP contribution in [0.2, 0.25) is 10.0 Å². The summed E-state index contributed by atoms with van der Waals surface area (Å²) in [7, 11) is 1.63. The van der Waals surface area contributed by atoms with Gasteiger partial charge in [-0.15, -0.1) is 0 Å². The van der Waals surface area contributed by atoms with Crippen molar-refractivity contribution in [1.29, 1.82) is 0 Å². The van der Waals surface area contributed by atoms with Crippen LogP contribution in [-0.2, 0) is 4.79 Å². The molecule has 1 rings (SSSR count). The molecule has 0 spiro atoms. The third-order valence-electron chi connectivity index (χ3n) is 2.05. The second-order valence-electron chi connectivity index (χ2n) is 3.36. The Balaban J connectivity index is 2.34. The largest absolute Gasteiger partial charge is 0.385 e. The monoisotopic (exact) mass is 260 g/mol. The maximum absolute atomic E-state index is 11.0. The highest BCUT2D eigenvalue weighted by Gasteiger charge is 1.99. The lowest BCUT2D eigenvalue weighted by Crippen LogP contribution is -2.18. The van der Waals surface area contributed by atoms with Crippen molar-refractivity contribution in [1.82, 2.24) is 5.32 Å². The first-order chi connectivity index (χ1) is 7.61. The molecule has 0 heterocycles. The zero-order valence-corrected chi connectivity index (χ0v) is 10.5. The van der Waals surface area contributed by atoms with Gasteiger partial charge in [-0.2, -0.15) is 0 Å². The summed E-state index contributed by atoms with van der Waals surface area (Å²) in [5, 5.41) is 6.93. The first-order valence-corrected chi connectivity index (χ1v) is 5.78. The molecule has 1 amide bonds. The highest BCUT2D eigenvalue weighted by atomic mass is 35.5. The summed E-state index contributed by atoms with van der Waals surface area (Å²) in [6.07, 6.45) is 1.28. The molecular formula is C11H14Cl2N2O. The fraction of sp³-hybridized carbons (Fsp3) is 0.364. The predicted octanol–water partition coefficient (Wildman–Crippen LogP) is 2.93. The van der Waals surface area contributed by atoms with Gasteiger partial charge in [-0.1, -0.05) is 23.2 Å². The van der Waals surface area contributed by atoms with Gasteiger partial charge in [-0.25, -0.2) is 0 Å². The van der Waals surface area contributed by atoms with Crippen molar-refractivity contribution >= 4 is 34.8 Å². The van der Waals surface area contributed by atoms with E-state index in [4.69, 9.17) is 23.2 Å². The van der Waals surface area contributed by atoms with Gasteiger partial charge in [-0.05, 0) is 24.6 Å². The van der Waals surface area contributed by atoms with Crippen LogP contribution in [0.4, 0.5) is 5.69 Å². The van der Waals surface area contributed by atoms with Crippen LogP contribution in [0.3, 0.4) is 0 Å². The highest BCUT2D eigenvalue weighted by molar-refractivity contribution is 6.35. The predicted molar refractivity (Wildman–Crippen MR) is 68.3 cm³/mol. The minimum absolute atomic E-state index is 0.0472. The van der Waals surface area contributed by atoms with Gasteiger partial charge in [0, 0.05) is 35.7 Å². The van der Waals surface area contributed by atoms with E-state index in [1.165, 1.54) is 0 Å². The van der Waals surface area contributed by atoms with Gasteiger partial charge in [0.25, 0.3) is 0 Å². The van der Waals surface area contributed by atoms with Crippen LogP contribution >= 0.6 is 23.2 Å². The van der Waals surface area contributed by atoms with Crippen LogP contribution in [-0.4, -0.2) is 19.5 Å². The van der Waals surface area contributed by atoms with Crippen molar-refractivity contribution in [2.45, 2.75) is 12.8 Å². The van der Waals surface area contributed by atoms with Crippen molar-refractivity contribution in [3.05, 3.63) is 28.2 Å². The molecule has 0 aromatic heterocycles. The van der Waals surface area contributed by atoms with Crippen molar-refractivity contribution in [2.75, 3.05) is 18.9 Å². The van der Waals surface area contributed by atoms with Gasteiger partial charge in [0.1, 0.15) is 0 Å². The standard InChI is InChI=1S/C11H14Cl2N2O/c1-14-11(16)3-2-4-15-10-6-8(12)5-9(13)7-10/h5-7,15H,2-4H2,1H3,(H,14,16). The molecule has 3 nitrogen and oxygen atoms in total. The van der Waals surface area contributed by atoms with Gasteiger partial charge in [0.05, 0.1) is 0 Å². The third-order valence-corrected chi connectivity index (χ3v) is 2.49. The lowest BCUT2D eigenvalue weighted by atomic mass is 10.2. The van der Waals surface area contributed by atoms with Crippen LogP contribution in [0.1, 0.15) is 12.8 Å². The van der Waals surface area contributed by atoms with E-state index in [9.17, 15) is 4.79 Å². The molecular weight excluding hydrogens is 247 g/mol. The van der Waals surface area contributed by atoms with E-state index in [0.29, 0.717) is 23.0 Å². The Morgan fingerprint density at radius 2 is 1.88 bits per heavy atom. The second-order valence-corrected chi connectivity index (χ2v) is 4.23. The number of carbonyl (C=O) groups excluding carboxylic acids is 1. The van der Waals surface area contributed by atoms with E-state index in [2.05, 4.69) is 10.6 Å². The van der Waals surface area contributed by atoms with Crippen LogP contribution in [0, 0.1) is 0 Å². The van der Waals surface area contributed by atoms with Crippen molar-refractivity contribution in [2.24, 2.45) is 0 Å². The number of hydrogen-bond donors (Lipinski definition) is 2. The fourth-order valence-corrected chi connectivity index (χ4v) is 1.79. The molecule has 0 aliphatic heterocycles. The Morgan fingerprint density at radius 1 is 1.25 bits per heavy atom. The molecule has 0 radical (unpaired) electrons. The summed E-state index contributed by atoms with van der Waals surface area (Å²) >= 11 is 11.7. The van der Waals surface area contributed by atoms with E-state index in [1.807, 2.05) is 0 Å². The molecule has 0 atom stereocenters. The van der Waals surface area contributed by atoms with Gasteiger partial charge < -0.3 is 10.6 Å². The molecule has 0 saturated heterocycles. The molecule has 0 saturated carbocycles. The van der Waals surface area contributed by atoms with Crippen LogP contribution in [0.15, 0.2) is 18.2 Å². The number of nitrogens with one attached hydrogen (secondary N) is 2. The zero-order chi connectivity index (χ0) is 12.0. The minimum atomic E-state index is 0.0472. The normalized spacial score (nSPS) is 9.94. The maximum Gasteiger partial charge on any atom is 0.219 e. The summed E-state index contributed by atoms with van der Waals surface area (Å²) < 4.78 is 0. The van der Waals surface area contributed by atoms with Crippen LogP contribution in [0.25, 0.3) is 0 Å². The molecule has 0 fully saturated rings. The molecule has 88 valence electrons. The van der Waals surface area contributed by atoms with Crippen molar-refractivity contribution in [3.8, 4) is 0 Å². The Hall–Kier alpha value is -0.930. The Kier molecular flexibility index (Phi) is 5.43. The number of halogens is 2. The minimum Gasteiger partial charge on any atom is -0.385 e. The highest BCUT2D eigenvalue weighted by Crippen LogP contribution is 2.22. The molecule has 0 bridgehead atoms. The third kappa shape index (κ3) is 4.73. The molecule has 5 heteroatoms. The first kappa shape index (κ1) is 13.1. The van der Waals surface area contributed by atoms with Crippen molar-refractivity contribution < 1.29 is 4.79 Å². The fourth-order valence-electron chi connectivity index (χ4n) is 1.26. The Labute approximate surface area is 105 Å². The van der Waals surface area contributed by atoms with Gasteiger partial charge >= 0.3 is 0 Å². The summed E-state index contributed by atoms with van der Waals surface area (Å²) in [4.78, 5) is 11.0. The Bertz CT molecular complexity index is 349. The molecule has 2 N–H and O–H groups in total. The average molecular weight is 261 g/mol. The van der Waals surface area contributed by atoms with Crippen molar-refractivity contribution in [3.63, 3.8) is 0 Å². The van der Waals surface area contributed by atoms with E-state index >= 15 is 0 Å². The quantitative estimate of drug-likeness (QED) is 0.800. The summed E-state index contributed by atoms with van der Waals surface area (Å²) in [6.45, 7) is 0.712. The number of anilines is 1. The SMILES string of the molecule is CNC(=O)CCCNc1cc(Cl)cc(Cl)c1. The molecule has 1 aromatic rings. The van der Waals surface area contributed by atoms with Crippen LogP contribution < -0.4 is 10.6 Å². The second kappa shape index (κ2) is 6.61. The zero-order valence-electron chi connectivity index (χ0n) is 9.02. The van der Waals surface area contributed by atoms with Gasteiger partial charge in [0.2, 0.25) is 5.91 Å². The van der Waals surface area contributed by atoms with E-state index in [-0.39, 0.29) is 5.91 Å². The lowest BCUT2D eigenvalue weighted by molar-refractivity contribution is -0.120. The summed E-state index contributed by atoms with van der Waals surface area (Å²) in [5.74, 6) is 0.0472. The summed E-state index contributed by atoms with van der Waals surface area (Å²) in [5.41, 5.74) is 0.870. The number of carbonyl (C=O) groups is 1. The van der Waals surface area contributed by atoms with E-state index in [1.54, 1.807) is 25.2 Å². The van der Waals surface area contributed by atoms with E-state index in [0.717, 1.165) is 12.1 Å². The molecule has 0 aliphatic carbocycles. The number of rotatable bonds is 5. The molecule has 1 aromatic carbocycles. The Morgan fingerprint density at radius 3 is 2.44 bits per heavy atom. The first-order valence-electron chi connectivity index (χ1n) is 5.02. The van der Waals surface area contributed by atoms with E-state index < -0.39 is 0 Å². The lowest BCUT2D eigenvalue weighted by Gasteiger charge is -2.07.